The van der Waals surface area contributed by atoms with Crippen molar-refractivity contribution < 1.29 is 92.6 Å². The fourth-order valence-electron chi connectivity index (χ4n) is 6.07. The highest BCUT2D eigenvalue weighted by molar-refractivity contribution is 7.97. The Balaban J connectivity index is 0.000000464. The van der Waals surface area contributed by atoms with E-state index in [1.807, 2.05) is 36.4 Å². The quantitative estimate of drug-likeness (QED) is 0.0278. The molecule has 0 bridgehead atoms. The van der Waals surface area contributed by atoms with Gasteiger partial charge in [0.2, 0.25) is 5.78 Å². The Kier molecular flexibility index (Phi) is 13.6. The summed E-state index contributed by atoms with van der Waals surface area (Å²) in [5.74, 6) is -69.6. The molecule has 0 radical (unpaired) electrons. The highest BCUT2D eigenvalue weighted by Crippen LogP contribution is 2.30. The van der Waals surface area contributed by atoms with Gasteiger partial charge < -0.3 is 0 Å². The minimum atomic E-state index is -7.22. The molecule has 0 N–H and O–H groups in total. The molecule has 0 spiro atoms. The predicted octanol–water partition coefficient (Wildman–Crippen LogP) is 8.15. The maximum Gasteiger partial charge on any atom is 0.211 e. The second kappa shape index (κ2) is 17.4. The topological polar surface area (TPSA) is 17.1 Å². The fourth-order valence-corrected chi connectivity index (χ4v) is 7.20. The summed E-state index contributed by atoms with van der Waals surface area (Å²) in [7, 11) is 0.132. The number of ketones is 1. The van der Waals surface area contributed by atoms with Crippen molar-refractivity contribution in [2.45, 2.75) is 0 Å². The third-order valence-corrected chi connectivity index (χ3v) is 10.1. The molecule has 59 heavy (non-hydrogen) atoms. The number of hydrogen-bond donors (Lipinski definition) is 0. The molecule has 5 rings (SSSR count). The molecule has 0 heterocycles. The SMILES string of the molecule is C=CC[S+](C)CC(=O)c1ccccc1.Fc1c(F)c(F)c([B-](c2c(F)c(F)c(F)c(F)c2F)(c2c(F)c(F)c(F)c(F)c2F)c2c(F)c(F)c(F)c(F)c2F)c(F)c1F. The van der Waals surface area contributed by atoms with Gasteiger partial charge in [0.15, 0.2) is 75.6 Å². The Hall–Kier alpha value is -5.48. The van der Waals surface area contributed by atoms with E-state index < -0.39 is 144 Å². The van der Waals surface area contributed by atoms with E-state index in [0.717, 1.165) is 11.3 Å². The van der Waals surface area contributed by atoms with E-state index in [1.165, 1.54) is 0 Å². The lowest BCUT2D eigenvalue weighted by Gasteiger charge is -2.44. The molecule has 314 valence electrons. The summed E-state index contributed by atoms with van der Waals surface area (Å²) in [5, 5.41) is 0. The van der Waals surface area contributed by atoms with Gasteiger partial charge in [-0.05, 0) is 17.0 Å². The van der Waals surface area contributed by atoms with Crippen LogP contribution in [-0.2, 0) is 10.9 Å². The van der Waals surface area contributed by atoms with Gasteiger partial charge in [0.1, 0.15) is 58.4 Å². The minimum absolute atomic E-state index is 0.132. The summed E-state index contributed by atoms with van der Waals surface area (Å²) in [6.07, 6.45) is -3.24. The zero-order chi connectivity index (χ0) is 44.7. The first-order valence-electron chi connectivity index (χ1n) is 15.5. The van der Waals surface area contributed by atoms with Gasteiger partial charge in [-0.25, -0.2) is 87.8 Å². The summed E-state index contributed by atoms with van der Waals surface area (Å²) in [6.45, 7) is 3.68. The molecule has 23 heteroatoms. The van der Waals surface area contributed by atoms with Gasteiger partial charge >= 0.3 is 0 Å². The first-order chi connectivity index (χ1) is 27.4. The van der Waals surface area contributed by atoms with Crippen LogP contribution in [0.3, 0.4) is 0 Å². The maximum absolute atomic E-state index is 15.4. The molecule has 0 saturated heterocycles. The second-order valence-electron chi connectivity index (χ2n) is 12.0. The van der Waals surface area contributed by atoms with Crippen molar-refractivity contribution in [2.75, 3.05) is 17.8 Å². The average molecular weight is 886 g/mol. The maximum atomic E-state index is 15.4. The monoisotopic (exact) mass is 886 g/mol. The molecule has 1 nitrogen and oxygen atoms in total. The zero-order valence-electron chi connectivity index (χ0n) is 28.5. The van der Waals surface area contributed by atoms with Crippen LogP contribution in [0.15, 0.2) is 43.0 Å². The summed E-state index contributed by atoms with van der Waals surface area (Å²) in [6, 6.07) is 9.45. The molecule has 0 aliphatic carbocycles. The van der Waals surface area contributed by atoms with Gasteiger partial charge in [0, 0.05) is 5.56 Å². The first-order valence-corrected chi connectivity index (χ1v) is 17.4. The summed E-state index contributed by atoms with van der Waals surface area (Å²) in [5.41, 5.74) is -13.5. The Morgan fingerprint density at radius 3 is 0.881 bits per heavy atom. The lowest BCUT2D eigenvalue weighted by molar-refractivity contribution is 0.102. The smallest absolute Gasteiger partial charge is 0.211 e. The summed E-state index contributed by atoms with van der Waals surface area (Å²) < 4.78 is 294. The molecular weight excluding hydrogens is 871 g/mol. The zero-order valence-corrected chi connectivity index (χ0v) is 29.4. The normalized spacial score (nSPS) is 12.0. The third-order valence-electron chi connectivity index (χ3n) is 8.58. The highest BCUT2D eigenvalue weighted by Gasteiger charge is 2.52. The number of carbonyl (C=O) groups excluding carboxylic acids is 1. The Labute approximate surface area is 319 Å². The number of benzene rings is 5. The lowest BCUT2D eigenvalue weighted by atomic mass is 9.12. The van der Waals surface area contributed by atoms with E-state index in [9.17, 15) is 57.5 Å². The average Bonchev–Trinajstić information content (AvgIpc) is 3.21. The molecule has 0 saturated carbocycles. The highest BCUT2D eigenvalue weighted by atomic mass is 32.2. The molecule has 1 unspecified atom stereocenters. The van der Waals surface area contributed by atoms with Crippen LogP contribution in [0.25, 0.3) is 0 Å². The Morgan fingerprint density at radius 2 is 0.661 bits per heavy atom. The summed E-state index contributed by atoms with van der Waals surface area (Å²) in [4.78, 5) is 11.7. The van der Waals surface area contributed by atoms with Crippen LogP contribution >= 0.6 is 0 Å². The van der Waals surface area contributed by atoms with Crippen LogP contribution in [0.1, 0.15) is 10.4 Å². The van der Waals surface area contributed by atoms with Crippen LogP contribution in [-0.4, -0.2) is 29.7 Å². The van der Waals surface area contributed by atoms with Crippen molar-refractivity contribution in [1.29, 1.82) is 0 Å². The van der Waals surface area contributed by atoms with Crippen LogP contribution in [0.4, 0.5) is 87.8 Å². The molecule has 0 amide bonds. The third kappa shape index (κ3) is 7.52. The Morgan fingerprint density at radius 1 is 0.441 bits per heavy atom. The van der Waals surface area contributed by atoms with Gasteiger partial charge in [0.25, 0.3) is 0 Å². The van der Waals surface area contributed by atoms with Crippen LogP contribution in [0.2, 0.25) is 0 Å². The second-order valence-corrected chi connectivity index (χ2v) is 14.2. The number of hydrogen-bond acceptors (Lipinski definition) is 1. The van der Waals surface area contributed by atoms with Crippen molar-refractivity contribution >= 4 is 44.7 Å². The van der Waals surface area contributed by atoms with Crippen molar-refractivity contribution in [3.05, 3.63) is 165 Å². The first kappa shape index (κ1) is 46.2. The fraction of sp³-hybridized carbons (Fsp3) is 0.0833. The predicted molar refractivity (Wildman–Crippen MR) is 173 cm³/mol. The van der Waals surface area contributed by atoms with E-state index in [4.69, 9.17) is 0 Å². The molecule has 5 aromatic carbocycles. The molecule has 0 fully saturated rings. The van der Waals surface area contributed by atoms with E-state index in [0.29, 0.717) is 5.75 Å². The van der Waals surface area contributed by atoms with Gasteiger partial charge in [-0.15, -0.1) is 21.9 Å². The number of carbonyl (C=O) groups is 1. The van der Waals surface area contributed by atoms with Crippen molar-refractivity contribution in [1.82, 2.24) is 0 Å². The van der Waals surface area contributed by atoms with E-state index >= 15 is 35.1 Å². The molecule has 0 aliphatic rings. The van der Waals surface area contributed by atoms with Crippen molar-refractivity contribution in [3.63, 3.8) is 0 Å². The van der Waals surface area contributed by atoms with Crippen LogP contribution < -0.4 is 21.9 Å². The van der Waals surface area contributed by atoms with E-state index in [-0.39, 0.29) is 16.7 Å². The van der Waals surface area contributed by atoms with Gasteiger partial charge in [-0.1, -0.05) is 36.9 Å². The van der Waals surface area contributed by atoms with Crippen molar-refractivity contribution in [2.24, 2.45) is 0 Å². The van der Waals surface area contributed by atoms with E-state index in [2.05, 4.69) is 12.8 Å². The summed E-state index contributed by atoms with van der Waals surface area (Å²) >= 11 is 0. The molecule has 0 aromatic heterocycles. The number of halogens is 20. The molecule has 0 aliphatic heterocycles. The molecular formula is C36H15BF20OS. The molecule has 1 atom stereocenters. The van der Waals surface area contributed by atoms with E-state index in [1.54, 1.807) is 0 Å². The lowest BCUT2D eigenvalue weighted by Crippen LogP contribution is -2.81. The van der Waals surface area contributed by atoms with Gasteiger partial charge in [0.05, 0.1) is 6.26 Å². The Bertz CT molecular complexity index is 2130. The van der Waals surface area contributed by atoms with Crippen LogP contribution in [0.5, 0.6) is 0 Å². The van der Waals surface area contributed by atoms with Crippen LogP contribution in [0, 0.1) is 116 Å². The molecule has 5 aromatic rings. The van der Waals surface area contributed by atoms with Gasteiger partial charge in [-0.2, -0.15) is 0 Å². The van der Waals surface area contributed by atoms with Crippen molar-refractivity contribution in [3.8, 4) is 0 Å². The largest absolute Gasteiger partial charge is 0.289 e. The minimum Gasteiger partial charge on any atom is -0.289 e. The number of Topliss-reactive ketones (excluding diaryl/α,β-unsaturated/α-hetero) is 1. The van der Waals surface area contributed by atoms with Gasteiger partial charge in [-0.3, -0.25) is 4.79 Å². The standard InChI is InChI=1S/C24BF20.C12H15OS/c26-5-1(6(27)14(35)21(42)13(5)34)25(2-7(28)15(36)22(43)16(37)8(2)29,3-9(30)17(38)23(44)18(39)10(3)31)4-11(32)19(40)24(45)20(41)12(4)33;1-3-9-14(2)10-12(13)11-7-5-4-6-8-11/h;3-8H,1,9-10H2,2H3/q-1;+1. The number of rotatable bonds is 9.